The molecule has 0 aliphatic carbocycles. The predicted molar refractivity (Wildman–Crippen MR) is 89.4 cm³/mol. The number of amides is 1. The molecule has 0 saturated carbocycles. The van der Waals surface area contributed by atoms with Crippen molar-refractivity contribution in [3.05, 3.63) is 35.4 Å². The van der Waals surface area contributed by atoms with Crippen molar-refractivity contribution in [2.75, 3.05) is 26.3 Å². The van der Waals surface area contributed by atoms with E-state index >= 15 is 0 Å². The lowest BCUT2D eigenvalue weighted by Gasteiger charge is -2.53. The molecular weight excluding hydrogens is 290 g/mol. The number of ether oxygens (including phenoxy) is 2. The van der Waals surface area contributed by atoms with E-state index < -0.39 is 0 Å². The molecule has 1 aromatic carbocycles. The molecule has 3 rings (SSSR count). The van der Waals surface area contributed by atoms with Gasteiger partial charge in [-0.25, -0.2) is 0 Å². The summed E-state index contributed by atoms with van der Waals surface area (Å²) in [6.45, 7) is 7.08. The van der Waals surface area contributed by atoms with E-state index in [9.17, 15) is 4.79 Å². The summed E-state index contributed by atoms with van der Waals surface area (Å²) in [5.74, 6) is 0.237. The smallest absolute Gasteiger partial charge is 0.223 e. The van der Waals surface area contributed by atoms with Gasteiger partial charge in [0.25, 0.3) is 0 Å². The zero-order valence-corrected chi connectivity index (χ0v) is 14.2. The summed E-state index contributed by atoms with van der Waals surface area (Å²) >= 11 is 0. The van der Waals surface area contributed by atoms with Gasteiger partial charge in [-0.1, -0.05) is 24.3 Å². The van der Waals surface area contributed by atoms with Crippen molar-refractivity contribution in [2.45, 2.75) is 51.2 Å². The summed E-state index contributed by atoms with van der Waals surface area (Å²) in [5.41, 5.74) is 2.38. The largest absolute Gasteiger partial charge is 0.378 e. The Balaban J connectivity index is 1.47. The number of benzene rings is 1. The maximum absolute atomic E-state index is 12.4. The summed E-state index contributed by atoms with van der Waals surface area (Å²) < 4.78 is 11.7. The second kappa shape index (κ2) is 7.02. The third-order valence-corrected chi connectivity index (χ3v) is 5.03. The van der Waals surface area contributed by atoms with Gasteiger partial charge in [-0.15, -0.1) is 0 Å². The number of nitrogens with zero attached hydrogens (tertiary/aromatic N) is 1. The highest BCUT2D eigenvalue weighted by Crippen LogP contribution is 2.35. The van der Waals surface area contributed by atoms with Crippen LogP contribution in [0.3, 0.4) is 0 Å². The molecule has 0 N–H and O–H groups in total. The maximum Gasteiger partial charge on any atom is 0.223 e. The molecule has 126 valence electrons. The molecule has 0 bridgehead atoms. The van der Waals surface area contributed by atoms with Gasteiger partial charge < -0.3 is 14.4 Å². The second-order valence-electron chi connectivity index (χ2n) is 6.78. The van der Waals surface area contributed by atoms with E-state index in [1.165, 1.54) is 11.1 Å². The molecule has 1 aromatic rings. The van der Waals surface area contributed by atoms with Crippen molar-refractivity contribution in [3.8, 4) is 0 Å². The highest BCUT2D eigenvalue weighted by Gasteiger charge is 2.49. The van der Waals surface area contributed by atoms with Crippen LogP contribution in [0.25, 0.3) is 0 Å². The molecule has 1 atom stereocenters. The highest BCUT2D eigenvalue weighted by molar-refractivity contribution is 5.77. The Kier molecular flexibility index (Phi) is 5.02. The van der Waals surface area contributed by atoms with Gasteiger partial charge in [-0.05, 0) is 37.8 Å². The van der Waals surface area contributed by atoms with Gasteiger partial charge in [0, 0.05) is 26.1 Å². The number of carbonyl (C=O) groups excluding carboxylic acids is 1. The Morgan fingerprint density at radius 3 is 2.91 bits per heavy atom. The van der Waals surface area contributed by atoms with Crippen molar-refractivity contribution in [2.24, 2.45) is 0 Å². The summed E-state index contributed by atoms with van der Waals surface area (Å²) in [5, 5.41) is 0. The number of likely N-dealkylation sites (tertiary alicyclic amines) is 1. The third-order valence-electron chi connectivity index (χ3n) is 5.03. The summed E-state index contributed by atoms with van der Waals surface area (Å²) in [6.07, 6.45) is 3.57. The molecule has 4 nitrogen and oxygen atoms in total. The minimum Gasteiger partial charge on any atom is -0.378 e. The van der Waals surface area contributed by atoms with Crippen LogP contribution in [-0.4, -0.2) is 48.8 Å². The van der Waals surface area contributed by atoms with Crippen molar-refractivity contribution in [1.82, 2.24) is 4.90 Å². The molecule has 2 saturated heterocycles. The summed E-state index contributed by atoms with van der Waals surface area (Å²) in [6, 6.07) is 8.28. The fourth-order valence-electron chi connectivity index (χ4n) is 3.70. The first-order valence-electron chi connectivity index (χ1n) is 8.70. The second-order valence-corrected chi connectivity index (χ2v) is 6.78. The van der Waals surface area contributed by atoms with Crippen LogP contribution in [-0.2, 0) is 20.7 Å². The first kappa shape index (κ1) is 16.5. The maximum atomic E-state index is 12.4. The number of rotatable bonds is 5. The molecule has 1 unspecified atom stereocenters. The van der Waals surface area contributed by atoms with E-state index in [2.05, 4.69) is 19.1 Å². The Morgan fingerprint density at radius 2 is 2.17 bits per heavy atom. The van der Waals surface area contributed by atoms with Crippen molar-refractivity contribution >= 4 is 5.91 Å². The van der Waals surface area contributed by atoms with Crippen molar-refractivity contribution in [1.29, 1.82) is 0 Å². The fourth-order valence-corrected chi connectivity index (χ4v) is 3.70. The molecular formula is C19H27NO3. The SMILES string of the molecule is CCOC1CCOC2(C1)CN(C(=O)CCc1ccccc1C)C2. The van der Waals surface area contributed by atoms with Gasteiger partial charge >= 0.3 is 0 Å². The highest BCUT2D eigenvalue weighted by atomic mass is 16.5. The average Bonchev–Trinajstić information content (AvgIpc) is 2.52. The molecule has 2 heterocycles. The minimum absolute atomic E-state index is 0.142. The first-order valence-corrected chi connectivity index (χ1v) is 8.70. The van der Waals surface area contributed by atoms with Gasteiger partial charge in [0.05, 0.1) is 19.2 Å². The van der Waals surface area contributed by atoms with E-state index in [0.29, 0.717) is 6.42 Å². The normalized spacial score (nSPS) is 22.9. The van der Waals surface area contributed by atoms with E-state index in [1.54, 1.807) is 0 Å². The van der Waals surface area contributed by atoms with Crippen LogP contribution >= 0.6 is 0 Å². The standard InChI is InChI=1S/C19H27NO3/c1-3-22-17-10-11-23-19(12-17)13-20(14-19)18(21)9-8-16-7-5-4-6-15(16)2/h4-7,17H,3,8-14H2,1-2H3. The zero-order valence-electron chi connectivity index (χ0n) is 14.2. The summed E-state index contributed by atoms with van der Waals surface area (Å²) in [4.78, 5) is 14.3. The van der Waals surface area contributed by atoms with E-state index in [4.69, 9.17) is 9.47 Å². The monoisotopic (exact) mass is 317 g/mol. The van der Waals surface area contributed by atoms with Crippen LogP contribution in [0, 0.1) is 6.92 Å². The van der Waals surface area contributed by atoms with Crippen LogP contribution in [0.1, 0.15) is 37.3 Å². The van der Waals surface area contributed by atoms with Gasteiger partial charge in [0.1, 0.15) is 5.60 Å². The van der Waals surface area contributed by atoms with Gasteiger partial charge in [0.15, 0.2) is 0 Å². The fraction of sp³-hybridized carbons (Fsp3) is 0.632. The quantitative estimate of drug-likeness (QED) is 0.838. The zero-order chi connectivity index (χ0) is 16.3. The van der Waals surface area contributed by atoms with Crippen molar-refractivity contribution in [3.63, 3.8) is 0 Å². The lowest BCUT2D eigenvalue weighted by Crippen LogP contribution is -2.67. The summed E-state index contributed by atoms with van der Waals surface area (Å²) in [7, 11) is 0. The molecule has 0 radical (unpaired) electrons. The van der Waals surface area contributed by atoms with Gasteiger partial charge in [0.2, 0.25) is 5.91 Å². The Labute approximate surface area is 138 Å². The molecule has 2 fully saturated rings. The van der Waals surface area contributed by atoms with Crippen molar-refractivity contribution < 1.29 is 14.3 Å². The molecule has 23 heavy (non-hydrogen) atoms. The number of hydrogen-bond donors (Lipinski definition) is 0. The van der Waals surface area contributed by atoms with Crippen LogP contribution < -0.4 is 0 Å². The Bertz CT molecular complexity index is 549. The molecule has 2 aliphatic rings. The molecule has 0 aromatic heterocycles. The first-order chi connectivity index (χ1) is 11.1. The Hall–Kier alpha value is -1.39. The number of aryl methyl sites for hydroxylation is 2. The van der Waals surface area contributed by atoms with Crippen LogP contribution in [0.4, 0.5) is 0 Å². The van der Waals surface area contributed by atoms with Gasteiger partial charge in [-0.2, -0.15) is 0 Å². The number of hydrogen-bond acceptors (Lipinski definition) is 3. The van der Waals surface area contributed by atoms with E-state index in [-0.39, 0.29) is 17.6 Å². The Morgan fingerprint density at radius 1 is 1.39 bits per heavy atom. The molecule has 4 heteroatoms. The molecule has 1 spiro atoms. The van der Waals surface area contributed by atoms with Crippen LogP contribution in [0.5, 0.6) is 0 Å². The van der Waals surface area contributed by atoms with Crippen LogP contribution in [0.2, 0.25) is 0 Å². The minimum atomic E-state index is -0.142. The lowest BCUT2D eigenvalue weighted by molar-refractivity contribution is -0.200. The third kappa shape index (κ3) is 3.75. The van der Waals surface area contributed by atoms with E-state index in [0.717, 1.165) is 45.6 Å². The molecule has 1 amide bonds. The average molecular weight is 317 g/mol. The lowest BCUT2D eigenvalue weighted by atomic mass is 9.84. The number of carbonyl (C=O) groups is 1. The van der Waals surface area contributed by atoms with E-state index in [1.807, 2.05) is 24.0 Å². The van der Waals surface area contributed by atoms with Crippen LogP contribution in [0.15, 0.2) is 24.3 Å². The molecule has 2 aliphatic heterocycles. The van der Waals surface area contributed by atoms with Gasteiger partial charge in [-0.3, -0.25) is 4.79 Å². The topological polar surface area (TPSA) is 38.8 Å². The predicted octanol–water partition coefficient (Wildman–Crippen LogP) is 2.72.